The van der Waals surface area contributed by atoms with Crippen molar-refractivity contribution >= 4 is 23.4 Å². The van der Waals surface area contributed by atoms with E-state index in [1.54, 1.807) is 29.0 Å². The monoisotopic (exact) mass is 443 g/mol. The molecule has 0 bridgehead atoms. The Morgan fingerprint density at radius 2 is 1.88 bits per heavy atom. The fourth-order valence-electron chi connectivity index (χ4n) is 4.06. The van der Waals surface area contributed by atoms with Crippen LogP contribution in [0.1, 0.15) is 5.82 Å². The number of fused-ring (bicyclic) bond motifs is 1. The van der Waals surface area contributed by atoms with Crippen molar-refractivity contribution in [3.8, 4) is 0 Å². The summed E-state index contributed by atoms with van der Waals surface area (Å²) in [5.74, 6) is -0.251. The number of hydrogen-bond acceptors (Lipinski definition) is 9. The van der Waals surface area contributed by atoms with Gasteiger partial charge in [-0.05, 0) is 6.92 Å². The molecule has 1 aromatic rings. The van der Waals surface area contributed by atoms with Gasteiger partial charge in [0.2, 0.25) is 11.7 Å². The Morgan fingerprint density at radius 3 is 2.50 bits per heavy atom. The second-order valence-corrected chi connectivity index (χ2v) is 7.62. The van der Waals surface area contributed by atoms with Gasteiger partial charge in [0.15, 0.2) is 5.84 Å². The van der Waals surface area contributed by atoms with E-state index in [0.29, 0.717) is 36.1 Å². The van der Waals surface area contributed by atoms with E-state index >= 15 is 0 Å². The Labute approximate surface area is 184 Å². The number of Topliss-reactive ketones (excluding diaryl/α,β-unsaturated/α-hetero) is 1. The lowest BCUT2D eigenvalue weighted by atomic mass is 9.88. The van der Waals surface area contributed by atoms with Crippen LogP contribution in [0, 0.1) is 12.8 Å². The largest absolute Gasteiger partial charge is 0.499 e. The third-order valence-electron chi connectivity index (χ3n) is 5.72. The average Bonchev–Trinajstić information content (AvgIpc) is 3.44. The van der Waals surface area contributed by atoms with E-state index in [4.69, 9.17) is 9.47 Å². The van der Waals surface area contributed by atoms with Crippen molar-refractivity contribution in [1.29, 1.82) is 0 Å². The number of amides is 2. The molecule has 170 valence electrons. The third-order valence-corrected chi connectivity index (χ3v) is 5.72. The number of aromatic nitrogens is 3. The summed E-state index contributed by atoms with van der Waals surface area (Å²) in [7, 11) is 2.96. The number of rotatable bonds is 5. The zero-order chi connectivity index (χ0) is 22.8. The first-order valence-electron chi connectivity index (χ1n) is 10.2. The molecule has 4 rings (SSSR count). The molecule has 2 atom stereocenters. The van der Waals surface area contributed by atoms with E-state index in [0.717, 1.165) is 0 Å². The standard InChI is InChI=1S/C20H25N7O5/c1-12-23-11-27(24-12)19-17-16(14(32-3)9-22-19)13(8-21-17)18(29)20(30)26-6-4-25(5-7-26)15(28)10-31-2/h8-9,11,16-17,21H,4-7,10H2,1-3H3. The van der Waals surface area contributed by atoms with Crippen LogP contribution in [0.25, 0.3) is 0 Å². The topological polar surface area (TPSA) is 131 Å². The highest BCUT2D eigenvalue weighted by Crippen LogP contribution is 2.33. The number of piperazine rings is 1. The number of aliphatic imine (C=N–C) groups is 1. The van der Waals surface area contributed by atoms with Crippen LogP contribution < -0.4 is 5.32 Å². The molecule has 12 heteroatoms. The summed E-state index contributed by atoms with van der Waals surface area (Å²) in [4.78, 5) is 49.8. The number of aryl methyl sites for hydroxylation is 1. The van der Waals surface area contributed by atoms with Gasteiger partial charge in [0.05, 0.1) is 19.2 Å². The normalized spacial score (nSPS) is 22.4. The molecule has 1 aromatic heterocycles. The number of carbonyl (C=O) groups excluding carboxylic acids is 3. The van der Waals surface area contributed by atoms with Gasteiger partial charge in [0, 0.05) is 45.1 Å². The maximum atomic E-state index is 13.2. The zero-order valence-electron chi connectivity index (χ0n) is 18.1. The van der Waals surface area contributed by atoms with Gasteiger partial charge in [-0.2, -0.15) is 5.10 Å². The van der Waals surface area contributed by atoms with Gasteiger partial charge in [-0.3, -0.25) is 14.4 Å². The fourth-order valence-corrected chi connectivity index (χ4v) is 4.06. The Balaban J connectivity index is 1.47. The SMILES string of the molecule is COCC(=O)N1CCN(C(=O)C(=O)C2=CNC3C(n4cnc(C)n4)=NC=C(OC)C23)CC1. The maximum absolute atomic E-state index is 13.2. The van der Waals surface area contributed by atoms with Crippen LogP contribution in [-0.4, -0.2) is 101 Å². The Bertz CT molecular complexity index is 1020. The van der Waals surface area contributed by atoms with Crippen LogP contribution in [0.15, 0.2) is 35.1 Å². The van der Waals surface area contributed by atoms with Gasteiger partial charge in [0.25, 0.3) is 5.91 Å². The van der Waals surface area contributed by atoms with Crippen molar-refractivity contribution in [2.75, 3.05) is 47.0 Å². The second-order valence-electron chi connectivity index (χ2n) is 7.62. The Hall–Kier alpha value is -3.54. The van der Waals surface area contributed by atoms with Gasteiger partial charge in [-0.15, -0.1) is 0 Å². The lowest BCUT2D eigenvalue weighted by Crippen LogP contribution is -2.53. The first kappa shape index (κ1) is 21.7. The number of nitrogens with one attached hydrogen (secondary N) is 1. The summed E-state index contributed by atoms with van der Waals surface area (Å²) in [6.07, 6.45) is 4.63. The fraction of sp³-hybridized carbons (Fsp3) is 0.500. The molecule has 12 nitrogen and oxygen atoms in total. The van der Waals surface area contributed by atoms with E-state index in [1.807, 2.05) is 0 Å². The summed E-state index contributed by atoms with van der Waals surface area (Å²) >= 11 is 0. The lowest BCUT2D eigenvalue weighted by molar-refractivity contribution is -0.146. The molecular weight excluding hydrogens is 418 g/mol. The van der Waals surface area contributed by atoms with Crippen LogP contribution in [0.4, 0.5) is 0 Å². The molecule has 0 radical (unpaired) electrons. The molecule has 2 unspecified atom stereocenters. The Kier molecular flexibility index (Phi) is 6.04. The zero-order valence-corrected chi connectivity index (χ0v) is 18.1. The minimum atomic E-state index is -0.611. The van der Waals surface area contributed by atoms with Gasteiger partial charge in [-0.1, -0.05) is 0 Å². The van der Waals surface area contributed by atoms with Gasteiger partial charge in [0.1, 0.15) is 30.6 Å². The van der Waals surface area contributed by atoms with Crippen LogP contribution >= 0.6 is 0 Å². The van der Waals surface area contributed by atoms with Crippen LogP contribution in [0.3, 0.4) is 0 Å². The minimum Gasteiger partial charge on any atom is -0.499 e. The maximum Gasteiger partial charge on any atom is 0.294 e. The molecule has 0 spiro atoms. The van der Waals surface area contributed by atoms with E-state index in [2.05, 4.69) is 20.4 Å². The Morgan fingerprint density at radius 1 is 1.16 bits per heavy atom. The molecule has 4 heterocycles. The molecule has 32 heavy (non-hydrogen) atoms. The lowest BCUT2D eigenvalue weighted by Gasteiger charge is -2.34. The first-order chi connectivity index (χ1) is 15.4. The second kappa shape index (κ2) is 8.91. The molecule has 0 aromatic carbocycles. The molecule has 3 aliphatic rings. The highest BCUT2D eigenvalue weighted by atomic mass is 16.5. The van der Waals surface area contributed by atoms with Crippen LogP contribution in [0.2, 0.25) is 0 Å². The van der Waals surface area contributed by atoms with Gasteiger partial charge in [-0.25, -0.2) is 14.7 Å². The van der Waals surface area contributed by atoms with Crippen molar-refractivity contribution < 1.29 is 23.9 Å². The number of ketones is 1. The third kappa shape index (κ3) is 3.88. The first-order valence-corrected chi connectivity index (χ1v) is 10.2. The van der Waals surface area contributed by atoms with E-state index in [-0.39, 0.29) is 25.6 Å². The highest BCUT2D eigenvalue weighted by Gasteiger charge is 2.45. The number of ether oxygens (including phenoxy) is 2. The molecule has 0 aliphatic carbocycles. The molecule has 1 fully saturated rings. The predicted molar refractivity (Wildman–Crippen MR) is 111 cm³/mol. The number of hydrogen-bond donors (Lipinski definition) is 1. The van der Waals surface area contributed by atoms with Crippen LogP contribution in [-0.2, 0) is 23.9 Å². The molecule has 1 saturated heterocycles. The summed E-state index contributed by atoms with van der Waals surface area (Å²) < 4.78 is 11.9. The number of methoxy groups -OCH3 is 2. The van der Waals surface area contributed by atoms with Crippen molar-refractivity contribution in [2.45, 2.75) is 13.0 Å². The summed E-state index contributed by atoms with van der Waals surface area (Å²) in [5, 5.41) is 7.44. The molecule has 3 aliphatic heterocycles. The van der Waals surface area contributed by atoms with Gasteiger partial charge < -0.3 is 24.6 Å². The summed E-state index contributed by atoms with van der Waals surface area (Å²) in [6.45, 7) is 3.05. The van der Waals surface area contributed by atoms with Crippen molar-refractivity contribution in [3.63, 3.8) is 0 Å². The van der Waals surface area contributed by atoms with Crippen molar-refractivity contribution in [1.82, 2.24) is 29.9 Å². The smallest absolute Gasteiger partial charge is 0.294 e. The van der Waals surface area contributed by atoms with Crippen molar-refractivity contribution in [2.24, 2.45) is 10.9 Å². The highest BCUT2D eigenvalue weighted by molar-refractivity contribution is 6.43. The minimum absolute atomic E-state index is 0.00415. The summed E-state index contributed by atoms with van der Waals surface area (Å²) in [5.41, 5.74) is 0.301. The van der Waals surface area contributed by atoms with Crippen LogP contribution in [0.5, 0.6) is 0 Å². The number of nitrogens with zero attached hydrogens (tertiary/aromatic N) is 6. The van der Waals surface area contributed by atoms with E-state index < -0.39 is 23.7 Å². The molecule has 0 saturated carbocycles. The molecule has 2 amide bonds. The predicted octanol–water partition coefficient (Wildman–Crippen LogP) is -1.31. The van der Waals surface area contributed by atoms with E-state index in [1.165, 1.54) is 25.3 Å². The van der Waals surface area contributed by atoms with Gasteiger partial charge >= 0.3 is 0 Å². The quantitative estimate of drug-likeness (QED) is 0.555. The van der Waals surface area contributed by atoms with Crippen molar-refractivity contribution in [3.05, 3.63) is 35.9 Å². The average molecular weight is 443 g/mol. The number of carbonyl (C=O) groups is 3. The molecule has 1 N–H and O–H groups in total. The molecular formula is C20H25N7O5. The van der Waals surface area contributed by atoms with E-state index in [9.17, 15) is 14.4 Å². The summed E-state index contributed by atoms with van der Waals surface area (Å²) in [6, 6.07) is -0.425.